The molecule has 1 aromatic rings. The number of ether oxygens (including phenoxy) is 2. The molecule has 1 N–H and O–H groups in total. The number of benzene rings is 1. The highest BCUT2D eigenvalue weighted by atomic mass is 127. The second kappa shape index (κ2) is 9.34. The van der Waals surface area contributed by atoms with E-state index in [0.717, 1.165) is 0 Å². The summed E-state index contributed by atoms with van der Waals surface area (Å²) in [7, 11) is 0. The number of hydrogen-bond acceptors (Lipinski definition) is 5. The summed E-state index contributed by atoms with van der Waals surface area (Å²) < 4.78 is 11.6. The van der Waals surface area contributed by atoms with Crippen LogP contribution in [0, 0.1) is 10.7 Å². The minimum Gasteiger partial charge on any atom is -0.462 e. The summed E-state index contributed by atoms with van der Waals surface area (Å²) in [5.74, 6) is -1.39. The third-order valence-corrected chi connectivity index (χ3v) is 5.81. The average molecular weight is 657 g/mol. The van der Waals surface area contributed by atoms with E-state index >= 15 is 0 Å². The van der Waals surface area contributed by atoms with Crippen LogP contribution in [0.1, 0.15) is 41.5 Å². The summed E-state index contributed by atoms with van der Waals surface area (Å²) >= 11 is 5.86. The van der Waals surface area contributed by atoms with E-state index in [9.17, 15) is 14.4 Å². The Morgan fingerprint density at radius 2 is 1.26 bits per heavy atom. The van der Waals surface area contributed by atoms with Gasteiger partial charge in [0.15, 0.2) is 0 Å². The van der Waals surface area contributed by atoms with Crippen molar-refractivity contribution >= 4 is 91.3 Å². The zero-order valence-corrected chi connectivity index (χ0v) is 19.1. The highest BCUT2D eigenvalue weighted by Crippen LogP contribution is 2.36. The fourth-order valence-corrected chi connectivity index (χ4v) is 6.03. The topological polar surface area (TPSA) is 81.7 Å². The summed E-state index contributed by atoms with van der Waals surface area (Å²) in [6.07, 6.45) is 0. The Morgan fingerprint density at radius 3 is 1.57 bits per heavy atom. The van der Waals surface area contributed by atoms with Crippen molar-refractivity contribution in [2.75, 3.05) is 18.5 Å². The quantitative estimate of drug-likeness (QED) is 0.385. The molecule has 0 aliphatic carbocycles. The van der Waals surface area contributed by atoms with E-state index in [-0.39, 0.29) is 30.2 Å². The van der Waals surface area contributed by atoms with Gasteiger partial charge in [0.25, 0.3) is 0 Å². The minimum atomic E-state index is -0.546. The van der Waals surface area contributed by atoms with Crippen molar-refractivity contribution in [3.05, 3.63) is 21.8 Å². The summed E-state index contributed by atoms with van der Waals surface area (Å²) in [6, 6.07) is 0. The molecule has 126 valence electrons. The molecule has 1 aromatic carbocycles. The number of carbonyl (C=O) groups is 3. The van der Waals surface area contributed by atoms with Crippen LogP contribution < -0.4 is 5.32 Å². The van der Waals surface area contributed by atoms with Crippen LogP contribution in [-0.4, -0.2) is 31.1 Å². The van der Waals surface area contributed by atoms with Crippen LogP contribution >= 0.6 is 67.8 Å². The van der Waals surface area contributed by atoms with Crippen LogP contribution in [0.15, 0.2) is 0 Å². The number of nitrogens with one attached hydrogen (secondary N) is 1. The molecule has 23 heavy (non-hydrogen) atoms. The van der Waals surface area contributed by atoms with Crippen LogP contribution in [0.3, 0.4) is 0 Å². The van der Waals surface area contributed by atoms with Gasteiger partial charge in [-0.3, -0.25) is 4.79 Å². The molecule has 0 saturated carbocycles. The third kappa shape index (κ3) is 4.90. The first kappa shape index (κ1) is 20.9. The lowest BCUT2D eigenvalue weighted by Gasteiger charge is -2.18. The number of anilines is 1. The van der Waals surface area contributed by atoms with E-state index in [1.165, 1.54) is 6.92 Å². The van der Waals surface area contributed by atoms with Gasteiger partial charge in [0, 0.05) is 10.5 Å². The fraction of sp³-hybridized carbons (Fsp3) is 0.357. The monoisotopic (exact) mass is 657 g/mol. The third-order valence-electron chi connectivity index (χ3n) is 2.58. The van der Waals surface area contributed by atoms with Gasteiger partial charge in [-0.1, -0.05) is 0 Å². The predicted molar refractivity (Wildman–Crippen MR) is 111 cm³/mol. The SMILES string of the molecule is CCOC(=O)c1c(I)c(NC(C)=O)c(I)c(C(=O)OCC)c1I. The normalized spacial score (nSPS) is 10.2. The Bertz CT molecular complexity index is 615. The number of amides is 1. The standard InChI is InChI=1S/C14H14I3NO5/c1-4-22-13(20)7-9(15)8(14(21)23-5-2)11(17)12(10(7)16)18-6(3)19/h4-5H2,1-3H3,(H,18,19). The molecule has 0 spiro atoms. The van der Waals surface area contributed by atoms with Crippen LogP contribution in [0.2, 0.25) is 0 Å². The largest absolute Gasteiger partial charge is 0.462 e. The van der Waals surface area contributed by atoms with E-state index in [0.29, 0.717) is 16.4 Å². The zero-order chi connectivity index (χ0) is 17.7. The lowest BCUT2D eigenvalue weighted by atomic mass is 10.1. The zero-order valence-electron chi connectivity index (χ0n) is 12.6. The highest BCUT2D eigenvalue weighted by molar-refractivity contribution is 14.1. The molecule has 6 nitrogen and oxygen atoms in total. The number of hydrogen-bond donors (Lipinski definition) is 1. The molecule has 0 bridgehead atoms. The Balaban J connectivity index is 3.69. The molecule has 0 aliphatic rings. The van der Waals surface area contributed by atoms with Gasteiger partial charge in [-0.25, -0.2) is 9.59 Å². The van der Waals surface area contributed by atoms with Gasteiger partial charge in [-0.15, -0.1) is 0 Å². The summed E-state index contributed by atoms with van der Waals surface area (Å²) in [5, 5.41) is 2.67. The van der Waals surface area contributed by atoms with Crippen molar-refractivity contribution in [3.63, 3.8) is 0 Å². The maximum absolute atomic E-state index is 12.3. The molecule has 1 amide bonds. The lowest BCUT2D eigenvalue weighted by Crippen LogP contribution is -2.20. The molecular formula is C14H14I3NO5. The molecule has 0 aliphatic heterocycles. The van der Waals surface area contributed by atoms with E-state index in [1.807, 2.05) is 67.8 Å². The molecule has 0 aromatic heterocycles. The first-order valence-corrected chi connectivity index (χ1v) is 9.82. The smallest absolute Gasteiger partial charge is 0.340 e. The first-order valence-electron chi connectivity index (χ1n) is 6.58. The molecule has 9 heteroatoms. The van der Waals surface area contributed by atoms with Crippen LogP contribution in [0.5, 0.6) is 0 Å². The molecule has 0 unspecified atom stereocenters. The van der Waals surface area contributed by atoms with Crippen molar-refractivity contribution in [1.82, 2.24) is 0 Å². The van der Waals surface area contributed by atoms with Crippen molar-refractivity contribution in [3.8, 4) is 0 Å². The molecule has 0 saturated heterocycles. The fourth-order valence-electron chi connectivity index (χ4n) is 1.71. The van der Waals surface area contributed by atoms with Crippen LogP contribution in [0.4, 0.5) is 5.69 Å². The molecule has 0 fully saturated rings. The minimum absolute atomic E-state index is 0.210. The van der Waals surface area contributed by atoms with Gasteiger partial charge in [0.05, 0.1) is 37.2 Å². The van der Waals surface area contributed by atoms with Crippen molar-refractivity contribution in [1.29, 1.82) is 0 Å². The summed E-state index contributed by atoms with van der Waals surface area (Å²) in [6.45, 7) is 5.18. The first-order chi connectivity index (χ1) is 10.8. The van der Waals surface area contributed by atoms with E-state index in [1.54, 1.807) is 13.8 Å². The Labute approximate surface area is 174 Å². The van der Waals surface area contributed by atoms with Crippen LogP contribution in [0.25, 0.3) is 0 Å². The Hall–Kier alpha value is -0.180. The second-order valence-corrected chi connectivity index (χ2v) is 7.43. The van der Waals surface area contributed by atoms with Gasteiger partial charge in [0.2, 0.25) is 5.91 Å². The Kier molecular flexibility index (Phi) is 8.47. The number of esters is 2. The average Bonchev–Trinajstić information content (AvgIpc) is 2.44. The van der Waals surface area contributed by atoms with Gasteiger partial charge in [-0.05, 0) is 81.6 Å². The maximum atomic E-state index is 12.3. The summed E-state index contributed by atoms with van der Waals surface area (Å²) in [4.78, 5) is 36.0. The number of carbonyl (C=O) groups excluding carboxylic acids is 3. The molecular weight excluding hydrogens is 643 g/mol. The molecule has 0 atom stereocenters. The molecule has 1 rings (SSSR count). The maximum Gasteiger partial charge on any atom is 0.340 e. The van der Waals surface area contributed by atoms with Crippen molar-refractivity contribution < 1.29 is 23.9 Å². The van der Waals surface area contributed by atoms with Crippen molar-refractivity contribution in [2.45, 2.75) is 20.8 Å². The summed E-state index contributed by atoms with van der Waals surface area (Å²) in [5.41, 5.74) is 0.908. The number of rotatable bonds is 5. The van der Waals surface area contributed by atoms with E-state index in [4.69, 9.17) is 9.47 Å². The molecule has 0 heterocycles. The molecule has 0 radical (unpaired) electrons. The lowest BCUT2D eigenvalue weighted by molar-refractivity contribution is -0.114. The predicted octanol–water partition coefficient (Wildman–Crippen LogP) is 3.81. The van der Waals surface area contributed by atoms with Crippen molar-refractivity contribution in [2.24, 2.45) is 0 Å². The Morgan fingerprint density at radius 1 is 0.870 bits per heavy atom. The van der Waals surface area contributed by atoms with Gasteiger partial charge >= 0.3 is 11.9 Å². The van der Waals surface area contributed by atoms with Gasteiger partial charge < -0.3 is 14.8 Å². The van der Waals surface area contributed by atoms with Crippen LogP contribution in [-0.2, 0) is 14.3 Å². The number of halogens is 3. The highest BCUT2D eigenvalue weighted by Gasteiger charge is 2.29. The second-order valence-electron chi connectivity index (χ2n) is 4.19. The van der Waals surface area contributed by atoms with E-state index < -0.39 is 11.9 Å². The van der Waals surface area contributed by atoms with Gasteiger partial charge in [-0.2, -0.15) is 0 Å². The van der Waals surface area contributed by atoms with E-state index in [2.05, 4.69) is 5.32 Å². The van der Waals surface area contributed by atoms with Gasteiger partial charge in [0.1, 0.15) is 0 Å².